The van der Waals surface area contributed by atoms with E-state index in [1.165, 1.54) is 0 Å². The predicted molar refractivity (Wildman–Crippen MR) is 79.9 cm³/mol. The molecule has 100 valence electrons. The molecular formula is C15H14N4S. The maximum absolute atomic E-state index is 9.38. The largest absolute Gasteiger partial charge is 0.392 e. The highest BCUT2D eigenvalue weighted by Crippen LogP contribution is 2.43. The number of nitriles is 2. The minimum absolute atomic E-state index is 0.204. The van der Waals surface area contributed by atoms with Crippen LogP contribution in [0, 0.1) is 47.8 Å². The third-order valence-corrected chi connectivity index (χ3v) is 4.36. The summed E-state index contributed by atoms with van der Waals surface area (Å²) in [4.78, 5) is 0. The molecule has 1 aliphatic rings. The zero-order valence-corrected chi connectivity index (χ0v) is 12.1. The molecule has 1 aromatic rings. The Balaban J connectivity index is 2.69. The number of rotatable bonds is 1. The van der Waals surface area contributed by atoms with Gasteiger partial charge < -0.3 is 5.73 Å². The first-order chi connectivity index (χ1) is 9.49. The Labute approximate surface area is 122 Å². The van der Waals surface area contributed by atoms with Crippen LogP contribution in [0.3, 0.4) is 0 Å². The van der Waals surface area contributed by atoms with Crippen molar-refractivity contribution in [3.8, 4) is 12.1 Å². The van der Waals surface area contributed by atoms with Crippen LogP contribution in [0.5, 0.6) is 0 Å². The first-order valence-corrected chi connectivity index (χ1v) is 6.94. The molecule has 0 aliphatic carbocycles. The van der Waals surface area contributed by atoms with Crippen LogP contribution in [-0.4, -0.2) is 5.04 Å². The second-order valence-corrected chi connectivity index (χ2v) is 5.88. The van der Waals surface area contributed by atoms with Crippen LogP contribution in [0.25, 0.3) is 0 Å². The summed E-state index contributed by atoms with van der Waals surface area (Å²) in [5, 5.41) is 27.2. The summed E-state index contributed by atoms with van der Waals surface area (Å²) in [5.41, 5.74) is 9.24. The number of hydrogen-bond donors (Lipinski definition) is 2. The molecule has 0 aromatic heterocycles. The second kappa shape index (κ2) is 5.40. The van der Waals surface area contributed by atoms with Gasteiger partial charge in [0.25, 0.3) is 0 Å². The van der Waals surface area contributed by atoms with E-state index in [1.807, 2.05) is 32.0 Å². The van der Waals surface area contributed by atoms with Gasteiger partial charge in [0.2, 0.25) is 0 Å². The standard InChI is InChI=1S/C15H14N4S/c1-8-3-4-9(2)10(5-8)13-11(6-16)14(18)20-15(19)12(13)7-17/h3-5,11,13,18H,19H2,1-2H3/t11-,13-/m1/s1. The van der Waals surface area contributed by atoms with Gasteiger partial charge in [-0.05, 0) is 25.0 Å². The number of nitrogens with zero attached hydrogens (tertiary/aromatic N) is 2. The molecule has 0 unspecified atom stereocenters. The average Bonchev–Trinajstić information content (AvgIpc) is 2.41. The Morgan fingerprint density at radius 1 is 1.30 bits per heavy atom. The topological polar surface area (TPSA) is 97.4 Å². The van der Waals surface area contributed by atoms with Gasteiger partial charge in [0.1, 0.15) is 5.92 Å². The third-order valence-electron chi connectivity index (χ3n) is 3.44. The number of hydrogen-bond acceptors (Lipinski definition) is 5. The highest BCUT2D eigenvalue weighted by Gasteiger charge is 2.37. The molecular weight excluding hydrogens is 268 g/mol. The highest BCUT2D eigenvalue weighted by molar-refractivity contribution is 8.17. The molecule has 1 aromatic carbocycles. The van der Waals surface area contributed by atoms with Crippen LogP contribution >= 0.6 is 11.8 Å². The number of allylic oxidation sites excluding steroid dienone is 1. The molecule has 0 fully saturated rings. The summed E-state index contributed by atoms with van der Waals surface area (Å²) >= 11 is 1.01. The van der Waals surface area contributed by atoms with Crippen LogP contribution < -0.4 is 5.73 Å². The summed E-state index contributed by atoms with van der Waals surface area (Å²) in [6.45, 7) is 3.91. The van der Waals surface area contributed by atoms with E-state index in [4.69, 9.17) is 11.1 Å². The van der Waals surface area contributed by atoms with Crippen molar-refractivity contribution >= 4 is 16.8 Å². The molecule has 2 rings (SSSR count). The summed E-state index contributed by atoms with van der Waals surface area (Å²) < 4.78 is 0. The number of nitrogens with one attached hydrogen (secondary N) is 1. The molecule has 20 heavy (non-hydrogen) atoms. The van der Waals surface area contributed by atoms with Gasteiger partial charge in [-0.2, -0.15) is 10.5 Å². The monoisotopic (exact) mass is 282 g/mol. The van der Waals surface area contributed by atoms with Gasteiger partial charge in [-0.15, -0.1) is 0 Å². The predicted octanol–water partition coefficient (Wildman–Crippen LogP) is 2.94. The third kappa shape index (κ3) is 2.29. The van der Waals surface area contributed by atoms with E-state index in [0.29, 0.717) is 10.6 Å². The second-order valence-electron chi connectivity index (χ2n) is 4.80. The minimum Gasteiger partial charge on any atom is -0.392 e. The van der Waals surface area contributed by atoms with E-state index < -0.39 is 11.8 Å². The minimum atomic E-state index is -0.651. The number of aryl methyl sites for hydroxylation is 2. The molecule has 0 radical (unpaired) electrons. The lowest BCUT2D eigenvalue weighted by Gasteiger charge is -2.29. The van der Waals surface area contributed by atoms with Crippen LogP contribution in [0.15, 0.2) is 28.8 Å². The Morgan fingerprint density at radius 2 is 2.00 bits per heavy atom. The molecule has 0 saturated heterocycles. The van der Waals surface area contributed by atoms with E-state index in [-0.39, 0.29) is 5.04 Å². The molecule has 0 bridgehead atoms. The molecule has 5 heteroatoms. The molecule has 1 heterocycles. The van der Waals surface area contributed by atoms with E-state index in [1.54, 1.807) is 0 Å². The van der Waals surface area contributed by atoms with Crippen molar-refractivity contribution in [3.05, 3.63) is 45.5 Å². The van der Waals surface area contributed by atoms with Crippen LogP contribution in [0.2, 0.25) is 0 Å². The molecule has 0 spiro atoms. The number of benzene rings is 1. The SMILES string of the molecule is Cc1ccc(C)c([C@H]2C(C#N)=C(N)SC(=N)[C@@H]2C#N)c1. The first-order valence-electron chi connectivity index (χ1n) is 6.12. The quantitative estimate of drug-likeness (QED) is 0.827. The maximum Gasteiger partial charge on any atom is 0.106 e. The van der Waals surface area contributed by atoms with Gasteiger partial charge in [0, 0.05) is 5.92 Å². The van der Waals surface area contributed by atoms with Gasteiger partial charge in [0.15, 0.2) is 0 Å². The van der Waals surface area contributed by atoms with E-state index in [9.17, 15) is 10.5 Å². The molecule has 2 atom stereocenters. The van der Waals surface area contributed by atoms with Gasteiger partial charge in [-0.3, -0.25) is 5.41 Å². The van der Waals surface area contributed by atoms with Crippen LogP contribution in [0.4, 0.5) is 0 Å². The summed E-state index contributed by atoms with van der Waals surface area (Å²) in [6.07, 6.45) is 0. The summed E-state index contributed by atoms with van der Waals surface area (Å²) in [5.74, 6) is -1.10. The Morgan fingerprint density at radius 3 is 2.60 bits per heavy atom. The van der Waals surface area contributed by atoms with E-state index >= 15 is 0 Å². The fourth-order valence-electron chi connectivity index (χ4n) is 2.40. The van der Waals surface area contributed by atoms with Crippen molar-refractivity contribution in [2.45, 2.75) is 19.8 Å². The van der Waals surface area contributed by atoms with Gasteiger partial charge in [0.05, 0.1) is 27.8 Å². The van der Waals surface area contributed by atoms with Crippen molar-refractivity contribution in [2.24, 2.45) is 11.7 Å². The van der Waals surface area contributed by atoms with E-state index in [2.05, 4.69) is 12.1 Å². The van der Waals surface area contributed by atoms with Gasteiger partial charge >= 0.3 is 0 Å². The highest BCUT2D eigenvalue weighted by atomic mass is 32.2. The van der Waals surface area contributed by atoms with Crippen molar-refractivity contribution < 1.29 is 0 Å². The zero-order valence-electron chi connectivity index (χ0n) is 11.3. The fraction of sp³-hybridized carbons (Fsp3) is 0.267. The zero-order chi connectivity index (χ0) is 14.9. The van der Waals surface area contributed by atoms with Crippen molar-refractivity contribution in [2.75, 3.05) is 0 Å². The van der Waals surface area contributed by atoms with Crippen molar-refractivity contribution in [1.82, 2.24) is 0 Å². The van der Waals surface area contributed by atoms with Crippen molar-refractivity contribution in [3.63, 3.8) is 0 Å². The number of nitrogens with two attached hydrogens (primary N) is 1. The molecule has 1 aliphatic heterocycles. The lowest BCUT2D eigenvalue weighted by Crippen LogP contribution is -2.27. The number of thioether (sulfide) groups is 1. The average molecular weight is 282 g/mol. The Hall–Kier alpha value is -2.24. The molecule has 0 amide bonds. The molecule has 4 nitrogen and oxygen atoms in total. The first kappa shape index (κ1) is 14.2. The van der Waals surface area contributed by atoms with Gasteiger partial charge in [-0.1, -0.05) is 35.5 Å². The maximum atomic E-state index is 9.38. The summed E-state index contributed by atoms with van der Waals surface area (Å²) in [7, 11) is 0. The lowest BCUT2D eigenvalue weighted by molar-refractivity contribution is 0.723. The Kier molecular flexibility index (Phi) is 3.83. The molecule has 3 N–H and O–H groups in total. The van der Waals surface area contributed by atoms with Crippen LogP contribution in [-0.2, 0) is 0 Å². The normalized spacial score (nSPS) is 22.3. The van der Waals surface area contributed by atoms with Crippen LogP contribution in [0.1, 0.15) is 22.6 Å². The van der Waals surface area contributed by atoms with E-state index in [0.717, 1.165) is 28.5 Å². The molecule has 0 saturated carbocycles. The smallest absolute Gasteiger partial charge is 0.106 e. The summed E-state index contributed by atoms with van der Waals surface area (Å²) in [6, 6.07) is 10.2. The van der Waals surface area contributed by atoms with Crippen molar-refractivity contribution in [1.29, 1.82) is 15.9 Å². The fourth-order valence-corrected chi connectivity index (χ4v) is 3.23. The lowest BCUT2D eigenvalue weighted by atomic mass is 9.79. The van der Waals surface area contributed by atoms with Gasteiger partial charge in [-0.25, -0.2) is 0 Å². The Bertz CT molecular complexity index is 691.